The molecule has 0 spiro atoms. The van der Waals surface area contributed by atoms with Crippen LogP contribution in [0.5, 0.6) is 0 Å². The van der Waals surface area contributed by atoms with E-state index in [1.165, 1.54) is 24.3 Å². The Labute approximate surface area is 160 Å². The molecule has 0 aromatic heterocycles. The fourth-order valence-corrected chi connectivity index (χ4v) is 2.31. The van der Waals surface area contributed by atoms with Gasteiger partial charge in [-0.15, -0.1) is 0 Å². The first-order valence-corrected chi connectivity index (χ1v) is 8.43. The number of nitrogens with one attached hydrogen (secondary N) is 1. The number of carbonyl (C=O) groups is 2. The molecule has 2 rings (SSSR count). The normalized spacial score (nSPS) is 10.6. The van der Waals surface area contributed by atoms with Crippen molar-refractivity contribution in [2.24, 2.45) is 0 Å². The van der Waals surface area contributed by atoms with Gasteiger partial charge in [-0.25, -0.2) is 4.79 Å². The Morgan fingerprint density at radius 3 is 2.56 bits per heavy atom. The predicted octanol–water partition coefficient (Wildman–Crippen LogP) is 3.16. The van der Waals surface area contributed by atoms with Crippen LogP contribution < -0.4 is 5.32 Å². The number of benzene rings is 2. The smallest absolute Gasteiger partial charge is 0.331 e. The molecule has 0 radical (unpaired) electrons. The van der Waals surface area contributed by atoms with Gasteiger partial charge in [-0.05, 0) is 36.3 Å². The second-order valence-corrected chi connectivity index (χ2v) is 5.92. The quantitative estimate of drug-likeness (QED) is 0.324. The molecule has 2 aromatic carbocycles. The standard InChI is InChI=1S/C19H17ClN2O5/c20-16-8-5-14(6-9-16)11-12-21-18(23)13-27-19(24)10-7-15-3-1-2-4-17(15)22(25)26/h1-10H,11-13H2,(H,21,23)/b10-7+. The monoisotopic (exact) mass is 388 g/mol. The van der Waals surface area contributed by atoms with E-state index in [0.29, 0.717) is 18.0 Å². The van der Waals surface area contributed by atoms with Crippen molar-refractivity contribution in [3.63, 3.8) is 0 Å². The van der Waals surface area contributed by atoms with Gasteiger partial charge in [0.15, 0.2) is 6.61 Å². The molecule has 0 saturated carbocycles. The SMILES string of the molecule is O=C(COC(=O)/C=C/c1ccccc1[N+](=O)[O-])NCCc1ccc(Cl)cc1. The van der Waals surface area contributed by atoms with Gasteiger partial charge >= 0.3 is 5.97 Å². The van der Waals surface area contributed by atoms with Crippen LogP contribution in [0.4, 0.5) is 5.69 Å². The molecule has 140 valence electrons. The van der Waals surface area contributed by atoms with Crippen LogP contribution >= 0.6 is 11.6 Å². The minimum atomic E-state index is -0.763. The van der Waals surface area contributed by atoms with Crippen LogP contribution in [-0.4, -0.2) is 30.0 Å². The minimum Gasteiger partial charge on any atom is -0.452 e. The van der Waals surface area contributed by atoms with Crippen molar-refractivity contribution in [3.8, 4) is 0 Å². The second kappa shape index (κ2) is 10.1. The zero-order valence-corrected chi connectivity index (χ0v) is 15.0. The maximum absolute atomic E-state index is 11.7. The first kappa shape index (κ1) is 20.1. The highest BCUT2D eigenvalue weighted by atomic mass is 35.5. The molecular weight excluding hydrogens is 372 g/mol. The molecular formula is C19H17ClN2O5. The lowest BCUT2D eigenvalue weighted by Crippen LogP contribution is -2.30. The molecule has 0 aliphatic heterocycles. The lowest BCUT2D eigenvalue weighted by atomic mass is 10.1. The van der Waals surface area contributed by atoms with E-state index in [9.17, 15) is 19.7 Å². The number of carbonyl (C=O) groups excluding carboxylic acids is 2. The Morgan fingerprint density at radius 1 is 1.15 bits per heavy atom. The van der Waals surface area contributed by atoms with Gasteiger partial charge in [0.05, 0.1) is 10.5 Å². The molecule has 0 aliphatic rings. The van der Waals surface area contributed by atoms with Crippen molar-refractivity contribution in [1.29, 1.82) is 0 Å². The maximum atomic E-state index is 11.7. The molecule has 1 amide bonds. The lowest BCUT2D eigenvalue weighted by Gasteiger charge is -2.05. The van der Waals surface area contributed by atoms with E-state index in [2.05, 4.69) is 5.32 Å². The number of nitrogens with zero attached hydrogens (tertiary/aromatic N) is 1. The molecule has 27 heavy (non-hydrogen) atoms. The van der Waals surface area contributed by atoms with Crippen LogP contribution in [0.2, 0.25) is 5.02 Å². The number of rotatable bonds is 8. The van der Waals surface area contributed by atoms with Crippen molar-refractivity contribution >= 4 is 35.2 Å². The van der Waals surface area contributed by atoms with E-state index in [4.69, 9.17) is 16.3 Å². The van der Waals surface area contributed by atoms with Crippen LogP contribution in [0.25, 0.3) is 6.08 Å². The Balaban J connectivity index is 1.74. The number of amides is 1. The molecule has 0 atom stereocenters. The van der Waals surface area contributed by atoms with Crippen molar-refractivity contribution in [2.45, 2.75) is 6.42 Å². The van der Waals surface area contributed by atoms with E-state index < -0.39 is 23.4 Å². The third kappa shape index (κ3) is 6.91. The highest BCUT2D eigenvalue weighted by molar-refractivity contribution is 6.30. The van der Waals surface area contributed by atoms with Crippen LogP contribution in [0.1, 0.15) is 11.1 Å². The summed E-state index contributed by atoms with van der Waals surface area (Å²) in [5.41, 5.74) is 1.16. The Kier molecular flexibility index (Phi) is 7.51. The summed E-state index contributed by atoms with van der Waals surface area (Å²) in [7, 11) is 0. The zero-order chi connectivity index (χ0) is 19.6. The van der Waals surface area contributed by atoms with E-state index in [0.717, 1.165) is 11.6 Å². The molecule has 1 N–H and O–H groups in total. The van der Waals surface area contributed by atoms with Gasteiger partial charge in [0.1, 0.15) is 0 Å². The topological polar surface area (TPSA) is 98.5 Å². The van der Waals surface area contributed by atoms with Gasteiger partial charge in [0.2, 0.25) is 0 Å². The fraction of sp³-hybridized carbons (Fsp3) is 0.158. The lowest BCUT2D eigenvalue weighted by molar-refractivity contribution is -0.385. The van der Waals surface area contributed by atoms with Crippen LogP contribution in [0, 0.1) is 10.1 Å². The van der Waals surface area contributed by atoms with Gasteiger partial charge in [-0.2, -0.15) is 0 Å². The Morgan fingerprint density at radius 2 is 1.85 bits per heavy atom. The number of hydrogen-bond donors (Lipinski definition) is 1. The molecule has 0 heterocycles. The van der Waals surface area contributed by atoms with Gasteiger partial charge in [0, 0.05) is 23.7 Å². The summed E-state index contributed by atoms with van der Waals surface area (Å²) in [5, 5.41) is 14.2. The second-order valence-electron chi connectivity index (χ2n) is 5.48. The minimum absolute atomic E-state index is 0.124. The van der Waals surface area contributed by atoms with Crippen molar-refractivity contribution < 1.29 is 19.2 Å². The fourth-order valence-electron chi connectivity index (χ4n) is 2.19. The number of para-hydroxylation sites is 1. The average molecular weight is 389 g/mol. The van der Waals surface area contributed by atoms with Crippen LogP contribution in [-0.2, 0) is 20.7 Å². The summed E-state index contributed by atoms with van der Waals surface area (Å²) >= 11 is 5.80. The zero-order valence-electron chi connectivity index (χ0n) is 14.3. The molecule has 0 bridgehead atoms. The van der Waals surface area contributed by atoms with Gasteiger partial charge < -0.3 is 10.1 Å². The predicted molar refractivity (Wildman–Crippen MR) is 101 cm³/mol. The third-order valence-electron chi connectivity index (χ3n) is 3.53. The molecule has 0 unspecified atom stereocenters. The van der Waals surface area contributed by atoms with Crippen LogP contribution in [0.15, 0.2) is 54.6 Å². The molecule has 0 aliphatic carbocycles. The molecule has 7 nitrogen and oxygen atoms in total. The number of ether oxygens (including phenoxy) is 1. The molecule has 8 heteroatoms. The summed E-state index contributed by atoms with van der Waals surface area (Å²) in [6.07, 6.45) is 2.94. The van der Waals surface area contributed by atoms with Gasteiger partial charge in [-0.3, -0.25) is 14.9 Å². The van der Waals surface area contributed by atoms with E-state index >= 15 is 0 Å². The highest BCUT2D eigenvalue weighted by Crippen LogP contribution is 2.18. The average Bonchev–Trinajstić information content (AvgIpc) is 2.66. The number of hydrogen-bond acceptors (Lipinski definition) is 5. The number of nitro benzene ring substituents is 1. The first-order chi connectivity index (χ1) is 13.0. The summed E-state index contributed by atoms with van der Waals surface area (Å²) in [5.74, 6) is -1.20. The first-order valence-electron chi connectivity index (χ1n) is 8.05. The summed E-state index contributed by atoms with van der Waals surface area (Å²) in [6, 6.07) is 13.2. The van der Waals surface area contributed by atoms with E-state index in [1.807, 2.05) is 12.1 Å². The summed E-state index contributed by atoms with van der Waals surface area (Å²) in [4.78, 5) is 33.7. The third-order valence-corrected chi connectivity index (χ3v) is 3.78. The molecule has 2 aromatic rings. The number of nitro groups is 1. The highest BCUT2D eigenvalue weighted by Gasteiger charge is 2.10. The van der Waals surface area contributed by atoms with Crippen LogP contribution in [0.3, 0.4) is 0 Å². The van der Waals surface area contributed by atoms with Gasteiger partial charge in [0.25, 0.3) is 11.6 Å². The van der Waals surface area contributed by atoms with E-state index in [1.54, 1.807) is 18.2 Å². The van der Waals surface area contributed by atoms with Crippen molar-refractivity contribution in [1.82, 2.24) is 5.32 Å². The number of esters is 1. The van der Waals surface area contributed by atoms with Gasteiger partial charge in [-0.1, -0.05) is 35.9 Å². The summed E-state index contributed by atoms with van der Waals surface area (Å²) < 4.78 is 4.82. The Hall–Kier alpha value is -3.19. The summed E-state index contributed by atoms with van der Waals surface area (Å²) in [6.45, 7) is -0.0370. The van der Waals surface area contributed by atoms with Crippen molar-refractivity contribution in [2.75, 3.05) is 13.2 Å². The number of halogens is 1. The maximum Gasteiger partial charge on any atom is 0.331 e. The van der Waals surface area contributed by atoms with E-state index in [-0.39, 0.29) is 11.3 Å². The Bertz CT molecular complexity index is 849. The largest absolute Gasteiger partial charge is 0.452 e. The van der Waals surface area contributed by atoms with Crippen molar-refractivity contribution in [3.05, 3.63) is 80.9 Å². The molecule has 0 fully saturated rings. The molecule has 0 saturated heterocycles.